The molecule has 2 aromatic rings. The van der Waals surface area contributed by atoms with Gasteiger partial charge >= 0.3 is 6.18 Å². The van der Waals surface area contributed by atoms with Crippen molar-refractivity contribution in [3.63, 3.8) is 0 Å². The van der Waals surface area contributed by atoms with Crippen LogP contribution < -0.4 is 5.73 Å². The zero-order valence-corrected chi connectivity index (χ0v) is 15.2. The second-order valence-corrected chi connectivity index (χ2v) is 7.24. The number of halogens is 3. The maximum Gasteiger partial charge on any atom is 0.416 e. The molecule has 3 N–H and O–H groups in total. The third-order valence-corrected chi connectivity index (χ3v) is 5.27. The molecule has 27 heavy (non-hydrogen) atoms. The summed E-state index contributed by atoms with van der Waals surface area (Å²) in [5, 5.41) is 10.9. The maximum absolute atomic E-state index is 12.9. The average Bonchev–Trinajstić information content (AvgIpc) is 2.65. The van der Waals surface area contributed by atoms with Crippen molar-refractivity contribution >= 4 is 0 Å². The van der Waals surface area contributed by atoms with Gasteiger partial charge in [0.15, 0.2) is 0 Å². The maximum atomic E-state index is 12.9. The van der Waals surface area contributed by atoms with Crippen LogP contribution in [0.1, 0.15) is 35.1 Å². The number of hydrogen-bond donors (Lipinski definition) is 2. The third-order valence-electron chi connectivity index (χ3n) is 5.27. The molecule has 0 aromatic heterocycles. The fourth-order valence-electron chi connectivity index (χ4n) is 3.59. The Kier molecular flexibility index (Phi) is 5.89. The van der Waals surface area contributed by atoms with Crippen LogP contribution in [0.4, 0.5) is 13.2 Å². The molecule has 0 bridgehead atoms. The van der Waals surface area contributed by atoms with Gasteiger partial charge in [0.1, 0.15) is 0 Å². The fourth-order valence-corrected chi connectivity index (χ4v) is 3.59. The first-order valence-corrected chi connectivity index (χ1v) is 9.20. The number of aliphatic hydroxyl groups is 1. The Labute approximate surface area is 157 Å². The molecule has 0 spiro atoms. The van der Waals surface area contributed by atoms with Gasteiger partial charge in [-0.3, -0.25) is 4.90 Å². The van der Waals surface area contributed by atoms with Gasteiger partial charge < -0.3 is 10.8 Å². The zero-order valence-electron chi connectivity index (χ0n) is 15.2. The van der Waals surface area contributed by atoms with Crippen molar-refractivity contribution in [1.82, 2.24) is 4.90 Å². The van der Waals surface area contributed by atoms with Crippen molar-refractivity contribution in [3.8, 4) is 0 Å². The Hall–Kier alpha value is -1.89. The van der Waals surface area contributed by atoms with E-state index >= 15 is 0 Å². The molecule has 146 valence electrons. The molecule has 0 radical (unpaired) electrons. The van der Waals surface area contributed by atoms with E-state index in [9.17, 15) is 18.3 Å². The van der Waals surface area contributed by atoms with Gasteiger partial charge in [-0.05, 0) is 54.6 Å². The van der Waals surface area contributed by atoms with Gasteiger partial charge in [-0.25, -0.2) is 0 Å². The van der Waals surface area contributed by atoms with E-state index in [1.165, 1.54) is 17.2 Å². The zero-order chi connectivity index (χ0) is 19.5. The van der Waals surface area contributed by atoms with Crippen LogP contribution in [0.2, 0.25) is 0 Å². The average molecular weight is 378 g/mol. The highest BCUT2D eigenvalue weighted by atomic mass is 19.4. The van der Waals surface area contributed by atoms with E-state index in [0.29, 0.717) is 38.0 Å². The number of alkyl halides is 3. The Morgan fingerprint density at radius 3 is 2.22 bits per heavy atom. The van der Waals surface area contributed by atoms with E-state index in [1.807, 2.05) is 0 Å². The van der Waals surface area contributed by atoms with Gasteiger partial charge in [0.25, 0.3) is 0 Å². The van der Waals surface area contributed by atoms with Crippen molar-refractivity contribution < 1.29 is 18.3 Å². The quantitative estimate of drug-likeness (QED) is 0.834. The lowest BCUT2D eigenvalue weighted by atomic mass is 9.83. The third kappa shape index (κ3) is 4.89. The molecule has 0 atom stereocenters. The molecular formula is C21H25F3N2O. The number of nitrogens with zero attached hydrogens (tertiary/aromatic N) is 1. The van der Waals surface area contributed by atoms with E-state index in [4.69, 9.17) is 5.73 Å². The first-order valence-electron chi connectivity index (χ1n) is 9.20. The van der Waals surface area contributed by atoms with Crippen molar-refractivity contribution in [3.05, 3.63) is 70.8 Å². The summed E-state index contributed by atoms with van der Waals surface area (Å²) in [4.78, 5) is 2.22. The summed E-state index contributed by atoms with van der Waals surface area (Å²) in [7, 11) is 0. The summed E-state index contributed by atoms with van der Waals surface area (Å²) in [6.07, 6.45) is -2.71. The van der Waals surface area contributed by atoms with Gasteiger partial charge in [-0.15, -0.1) is 0 Å². The standard InChI is InChI=1S/C21H25F3N2O/c22-21(23,24)19-3-1-2-18(14-19)20(27)9-12-26(13-10-20)15-17-6-4-16(5-7-17)8-11-25/h1-7,14,27H,8-13,15,25H2. The van der Waals surface area contributed by atoms with Crippen molar-refractivity contribution in [2.75, 3.05) is 19.6 Å². The van der Waals surface area contributed by atoms with E-state index in [1.54, 1.807) is 6.07 Å². The molecule has 3 nitrogen and oxygen atoms in total. The minimum Gasteiger partial charge on any atom is -0.385 e. The summed E-state index contributed by atoms with van der Waals surface area (Å²) in [6.45, 7) is 2.66. The van der Waals surface area contributed by atoms with Crippen LogP contribution in [-0.4, -0.2) is 29.6 Å². The van der Waals surface area contributed by atoms with Gasteiger partial charge in [0.05, 0.1) is 11.2 Å². The molecule has 0 saturated carbocycles. The summed E-state index contributed by atoms with van der Waals surface area (Å²) >= 11 is 0. The predicted molar refractivity (Wildman–Crippen MR) is 99.1 cm³/mol. The van der Waals surface area contributed by atoms with E-state index in [0.717, 1.165) is 25.1 Å². The molecule has 0 aliphatic carbocycles. The minimum absolute atomic E-state index is 0.350. The topological polar surface area (TPSA) is 49.5 Å². The van der Waals surface area contributed by atoms with Gasteiger partial charge in [-0.1, -0.05) is 36.4 Å². The first-order chi connectivity index (χ1) is 12.8. The Bertz CT molecular complexity index is 751. The summed E-state index contributed by atoms with van der Waals surface area (Å²) in [5.74, 6) is 0. The molecule has 2 aromatic carbocycles. The molecule has 1 fully saturated rings. The molecule has 0 amide bonds. The van der Waals surface area contributed by atoms with Gasteiger partial charge in [-0.2, -0.15) is 13.2 Å². The number of hydrogen-bond acceptors (Lipinski definition) is 3. The molecule has 1 aliphatic rings. The van der Waals surface area contributed by atoms with Crippen molar-refractivity contribution in [2.24, 2.45) is 5.73 Å². The number of nitrogens with two attached hydrogens (primary N) is 1. The molecule has 0 unspecified atom stereocenters. The van der Waals surface area contributed by atoms with Crippen LogP contribution in [0.25, 0.3) is 0 Å². The first kappa shape index (κ1) is 19.9. The molecular weight excluding hydrogens is 353 g/mol. The lowest BCUT2D eigenvalue weighted by Crippen LogP contribution is -2.42. The smallest absolute Gasteiger partial charge is 0.385 e. The van der Waals surface area contributed by atoms with Gasteiger partial charge in [0, 0.05) is 19.6 Å². The molecule has 1 aliphatic heterocycles. The second-order valence-electron chi connectivity index (χ2n) is 7.24. The lowest BCUT2D eigenvalue weighted by Gasteiger charge is -2.38. The minimum atomic E-state index is -4.40. The number of benzene rings is 2. The lowest BCUT2D eigenvalue weighted by molar-refractivity contribution is -0.137. The van der Waals surface area contributed by atoms with Gasteiger partial charge in [0.2, 0.25) is 0 Å². The molecule has 3 rings (SSSR count). The predicted octanol–water partition coefficient (Wildman–Crippen LogP) is 3.69. The van der Waals surface area contributed by atoms with Crippen LogP contribution in [0.3, 0.4) is 0 Å². The van der Waals surface area contributed by atoms with Crippen LogP contribution >= 0.6 is 0 Å². The summed E-state index contributed by atoms with van der Waals surface area (Å²) < 4.78 is 38.8. The summed E-state index contributed by atoms with van der Waals surface area (Å²) in [6, 6.07) is 13.4. The van der Waals surface area contributed by atoms with Crippen LogP contribution in [0.15, 0.2) is 48.5 Å². The molecule has 6 heteroatoms. The fraction of sp³-hybridized carbons (Fsp3) is 0.429. The Morgan fingerprint density at radius 1 is 1.00 bits per heavy atom. The number of rotatable bonds is 5. The number of piperidine rings is 1. The Morgan fingerprint density at radius 2 is 1.63 bits per heavy atom. The number of likely N-dealkylation sites (tertiary alicyclic amines) is 1. The highest BCUT2D eigenvalue weighted by Crippen LogP contribution is 2.37. The van der Waals surface area contributed by atoms with E-state index in [2.05, 4.69) is 29.2 Å². The molecule has 1 heterocycles. The second kappa shape index (κ2) is 8.00. The SMILES string of the molecule is NCCc1ccc(CN2CCC(O)(c3cccc(C(F)(F)F)c3)CC2)cc1. The van der Waals surface area contributed by atoms with Crippen LogP contribution in [-0.2, 0) is 24.7 Å². The largest absolute Gasteiger partial charge is 0.416 e. The summed E-state index contributed by atoms with van der Waals surface area (Å²) in [5.41, 5.74) is 6.38. The highest BCUT2D eigenvalue weighted by molar-refractivity contribution is 5.30. The van der Waals surface area contributed by atoms with E-state index < -0.39 is 17.3 Å². The monoisotopic (exact) mass is 378 g/mol. The Balaban J connectivity index is 1.62. The van der Waals surface area contributed by atoms with Crippen LogP contribution in [0.5, 0.6) is 0 Å². The highest BCUT2D eigenvalue weighted by Gasteiger charge is 2.36. The van der Waals surface area contributed by atoms with Crippen molar-refractivity contribution in [1.29, 1.82) is 0 Å². The normalized spacial score (nSPS) is 17.8. The van der Waals surface area contributed by atoms with E-state index in [-0.39, 0.29) is 0 Å². The van der Waals surface area contributed by atoms with Crippen molar-refractivity contribution in [2.45, 2.75) is 37.6 Å². The van der Waals surface area contributed by atoms with Crippen LogP contribution in [0, 0.1) is 0 Å². The molecule has 1 saturated heterocycles.